The van der Waals surface area contributed by atoms with E-state index < -0.39 is 83.1 Å². The molecule has 2 aromatic rings. The SMILES string of the molecule is CO[C@H]1/C=C/O[C@@]2(C)Oc3c(C)c(O)c4c(O)c(c5c(c4c3C2=O)=NC2(CCN(CC(C)C)CC2)N=5)NC(=O)/C(C)=C\C=C\[C@H](C)[C@H](O)[C@@H](C)[C@@H](O)[C@@H](C)[C@H](OC(=O)N2CC3(CCN(CC4CCCCC4)CC3)C2)[C@@H]1C. The number of likely N-dealkylation sites (tertiary alicyclic amines) is 3. The van der Waals surface area contributed by atoms with Crippen molar-refractivity contribution in [2.75, 3.05) is 64.8 Å². The molecule has 9 atom stereocenters. The molecule has 5 bridgehead atoms. The number of benzene rings is 2. The van der Waals surface area contributed by atoms with Gasteiger partial charge in [0.1, 0.15) is 28.6 Å². The van der Waals surface area contributed by atoms with Gasteiger partial charge >= 0.3 is 11.9 Å². The van der Waals surface area contributed by atoms with Gasteiger partial charge in [-0.05, 0) is 70.5 Å². The van der Waals surface area contributed by atoms with Crippen LogP contribution in [0.4, 0.5) is 10.5 Å². The molecule has 10 rings (SSSR count). The molecular weight excluding hydrogens is 969 g/mol. The molecule has 17 heteroatoms. The normalized spacial score (nSPS) is 33.0. The van der Waals surface area contributed by atoms with Gasteiger partial charge in [0.2, 0.25) is 0 Å². The van der Waals surface area contributed by atoms with E-state index in [0.29, 0.717) is 44.9 Å². The van der Waals surface area contributed by atoms with Crippen LogP contribution in [0.25, 0.3) is 10.8 Å². The Morgan fingerprint density at radius 1 is 0.855 bits per heavy atom. The summed E-state index contributed by atoms with van der Waals surface area (Å²) in [7, 11) is 1.52. The van der Waals surface area contributed by atoms with Crippen molar-refractivity contribution in [2.24, 2.45) is 50.9 Å². The lowest BCUT2D eigenvalue weighted by atomic mass is 9.72. The summed E-state index contributed by atoms with van der Waals surface area (Å²) in [5, 5.41) is 51.5. The number of aliphatic hydroxyl groups excluding tert-OH is 2. The summed E-state index contributed by atoms with van der Waals surface area (Å²) < 4.78 is 25.2. The molecule has 5 N–H and O–H groups in total. The van der Waals surface area contributed by atoms with Gasteiger partial charge in [0.15, 0.2) is 11.4 Å². The van der Waals surface area contributed by atoms with Crippen LogP contribution in [-0.4, -0.2) is 148 Å². The number of anilines is 1. The monoisotopic (exact) mass is 1050 g/mol. The lowest BCUT2D eigenvalue weighted by Crippen LogP contribution is -2.62. The average molecular weight is 1050 g/mol. The summed E-state index contributed by atoms with van der Waals surface area (Å²) in [6.07, 6.45) is 13.4. The summed E-state index contributed by atoms with van der Waals surface area (Å²) in [4.78, 5) is 60.5. The van der Waals surface area contributed by atoms with E-state index in [9.17, 15) is 30.0 Å². The minimum atomic E-state index is -1.98. The quantitative estimate of drug-likeness (QED) is 0.180. The van der Waals surface area contributed by atoms with Crippen LogP contribution in [0.1, 0.15) is 129 Å². The lowest BCUT2D eigenvalue weighted by molar-refractivity contribution is -0.112. The number of phenols is 2. The Morgan fingerprint density at radius 3 is 2.17 bits per heavy atom. The summed E-state index contributed by atoms with van der Waals surface area (Å²) in [6, 6.07) is 0. The third kappa shape index (κ3) is 10.6. The molecule has 1 saturated carbocycles. The number of nitrogens with one attached hydrogen (secondary N) is 1. The van der Waals surface area contributed by atoms with E-state index in [1.165, 1.54) is 52.4 Å². The predicted octanol–water partition coefficient (Wildman–Crippen LogP) is 7.30. The highest BCUT2D eigenvalue weighted by atomic mass is 16.7. The predicted molar refractivity (Wildman–Crippen MR) is 289 cm³/mol. The molecule has 76 heavy (non-hydrogen) atoms. The van der Waals surface area contributed by atoms with Gasteiger partial charge in [-0.25, -0.2) is 4.79 Å². The van der Waals surface area contributed by atoms with Crippen LogP contribution in [0.15, 0.2) is 46.1 Å². The smallest absolute Gasteiger partial charge is 0.410 e. The van der Waals surface area contributed by atoms with Gasteiger partial charge in [-0.2, -0.15) is 0 Å². The van der Waals surface area contributed by atoms with E-state index in [4.69, 9.17) is 28.9 Å². The fourth-order valence-corrected chi connectivity index (χ4v) is 13.4. The fourth-order valence-electron chi connectivity index (χ4n) is 13.4. The Labute approximate surface area is 448 Å². The zero-order valence-corrected chi connectivity index (χ0v) is 46.6. The molecule has 0 aromatic heterocycles. The lowest BCUT2D eigenvalue weighted by Gasteiger charge is -2.54. The topological polar surface area (TPSA) is 216 Å². The highest BCUT2D eigenvalue weighted by molar-refractivity contribution is 6.19. The Hall–Kier alpha value is -5.07. The first-order valence-electron chi connectivity index (χ1n) is 28.2. The number of nitrogens with zero attached hydrogens (tertiary/aromatic N) is 5. The van der Waals surface area contributed by atoms with E-state index >= 15 is 4.79 Å². The van der Waals surface area contributed by atoms with Crippen molar-refractivity contribution in [2.45, 2.75) is 156 Å². The summed E-state index contributed by atoms with van der Waals surface area (Å²) >= 11 is 0. The molecule has 1 aliphatic carbocycles. The van der Waals surface area contributed by atoms with Crippen molar-refractivity contribution < 1.29 is 53.8 Å². The minimum absolute atomic E-state index is 0.0455. The number of carbonyl (C=O) groups is 3. The number of Topliss-reactive ketones (excluding diaryl/α,β-unsaturated/α-hetero) is 1. The number of amides is 2. The van der Waals surface area contributed by atoms with Gasteiger partial charge < -0.3 is 59.4 Å². The first kappa shape index (κ1) is 55.7. The number of phenolic OH excluding ortho intramolecular Hbond substituents is 2. The standard InChI is InChI=1S/C59H84N6O11/c1-33(2)29-63-26-22-59(23-27-63)61-45-42-43-50(68)39(8)53-44(42)54(70)57(9,76-53)74-28-19-41(73-10)36(5)52(75-56(72)65-31-58(32-65)20-24-64(25-21-58)30-40-17-12-11-13-18-40)38(7)49(67)37(6)48(66)34(3)15-14-16-35(4)55(71)60-47(51(43)69)46(45)62-59/h14-16,19,28,33-34,36-38,40-41,48-49,52,66-69H,11-13,17-18,20-27,29-32H2,1-10H3,(H,60,71)/b15-14+,28-19+,35-16-/t34-,36+,37+,38+,41-,48-,49+,52+,57-/m0/s1. The highest BCUT2D eigenvalue weighted by Gasteiger charge is 2.52. The van der Waals surface area contributed by atoms with Crippen LogP contribution in [0, 0.1) is 47.8 Å². The van der Waals surface area contributed by atoms with Crippen molar-refractivity contribution in [1.29, 1.82) is 0 Å². The van der Waals surface area contributed by atoms with Crippen LogP contribution in [0.2, 0.25) is 0 Å². The highest BCUT2D eigenvalue weighted by Crippen LogP contribution is 2.50. The maximum atomic E-state index is 15.0. The molecule has 7 heterocycles. The maximum absolute atomic E-state index is 15.0. The molecule has 7 aliphatic heterocycles. The second-order valence-corrected chi connectivity index (χ2v) is 24.4. The Bertz CT molecular complexity index is 2760. The number of methoxy groups -OCH3 is 1. The van der Waals surface area contributed by atoms with Crippen molar-refractivity contribution in [3.8, 4) is 17.2 Å². The van der Waals surface area contributed by atoms with E-state index in [0.717, 1.165) is 44.9 Å². The number of ether oxygens (including phenoxy) is 4. The molecule has 416 valence electrons. The molecule has 0 unspecified atom stereocenters. The number of fused-ring (bicyclic) bond motifs is 13. The second-order valence-electron chi connectivity index (χ2n) is 24.4. The van der Waals surface area contributed by atoms with Crippen LogP contribution in [0.5, 0.6) is 17.2 Å². The number of piperidine rings is 2. The molecule has 2 amide bonds. The molecule has 2 spiro atoms. The first-order chi connectivity index (χ1) is 36.1. The zero-order chi connectivity index (χ0) is 54.6. The number of ketones is 1. The van der Waals surface area contributed by atoms with Gasteiger partial charge in [0.25, 0.3) is 11.7 Å². The number of carbonyl (C=O) groups excluding carboxylic acids is 3. The Kier molecular flexibility index (Phi) is 16.1. The van der Waals surface area contributed by atoms with E-state index in [-0.39, 0.29) is 60.8 Å². The zero-order valence-electron chi connectivity index (χ0n) is 46.6. The largest absolute Gasteiger partial charge is 0.507 e. The summed E-state index contributed by atoms with van der Waals surface area (Å²) in [5.41, 5.74) is -0.494. The Morgan fingerprint density at radius 2 is 1.51 bits per heavy atom. The molecule has 0 radical (unpaired) electrons. The van der Waals surface area contributed by atoms with Crippen molar-refractivity contribution >= 4 is 34.2 Å². The number of aliphatic hydroxyl groups is 2. The third-order valence-electron chi connectivity index (χ3n) is 18.3. The molecule has 3 saturated heterocycles. The fraction of sp³-hybridized carbons (Fsp3) is 0.678. The van der Waals surface area contributed by atoms with E-state index in [1.54, 1.807) is 50.0 Å². The van der Waals surface area contributed by atoms with Crippen molar-refractivity contribution in [3.05, 3.63) is 58.0 Å². The van der Waals surface area contributed by atoms with Gasteiger partial charge in [0, 0.05) is 112 Å². The molecule has 4 fully saturated rings. The van der Waals surface area contributed by atoms with Gasteiger partial charge in [-0.15, -0.1) is 0 Å². The van der Waals surface area contributed by atoms with Crippen molar-refractivity contribution in [3.63, 3.8) is 0 Å². The van der Waals surface area contributed by atoms with Gasteiger partial charge in [0.05, 0.1) is 40.9 Å². The average Bonchev–Trinajstić information content (AvgIpc) is 4.00. The third-order valence-corrected chi connectivity index (χ3v) is 18.3. The molecule has 17 nitrogen and oxygen atoms in total. The Balaban J connectivity index is 1.04. The van der Waals surface area contributed by atoms with Crippen LogP contribution in [0.3, 0.4) is 0 Å². The minimum Gasteiger partial charge on any atom is -0.507 e. The van der Waals surface area contributed by atoms with Crippen LogP contribution in [-0.2, 0) is 19.0 Å². The van der Waals surface area contributed by atoms with Gasteiger partial charge in [-0.3, -0.25) is 19.6 Å². The molecule has 8 aliphatic rings. The molecule has 2 aromatic carbocycles. The summed E-state index contributed by atoms with van der Waals surface area (Å²) in [6.45, 7) is 23.0. The maximum Gasteiger partial charge on any atom is 0.410 e. The van der Waals surface area contributed by atoms with Gasteiger partial charge in [-0.1, -0.05) is 79.0 Å². The van der Waals surface area contributed by atoms with Crippen LogP contribution < -0.4 is 20.8 Å². The van der Waals surface area contributed by atoms with E-state index in [2.05, 4.69) is 29.0 Å². The number of rotatable bonds is 6. The number of hydrogen-bond donors (Lipinski definition) is 5. The number of allylic oxidation sites excluding steroid dienone is 2. The second kappa shape index (κ2) is 22.0. The van der Waals surface area contributed by atoms with Crippen molar-refractivity contribution in [1.82, 2.24) is 14.7 Å². The summed E-state index contributed by atoms with van der Waals surface area (Å²) in [5.74, 6) is -5.16. The van der Waals surface area contributed by atoms with Crippen LogP contribution >= 0.6 is 0 Å². The number of hydrogen-bond acceptors (Lipinski definition) is 15. The molecular formula is C59H84N6O11. The van der Waals surface area contributed by atoms with E-state index in [1.807, 2.05) is 20.8 Å². The number of aromatic hydroxyl groups is 2. The first-order valence-corrected chi connectivity index (χ1v) is 28.2.